The molecule has 1 heterocycles. The van der Waals surface area contributed by atoms with Gasteiger partial charge in [0, 0.05) is 44.2 Å². The number of sulfone groups is 1. The van der Waals surface area contributed by atoms with Crippen molar-refractivity contribution in [3.8, 4) is 0 Å². The quantitative estimate of drug-likeness (QED) is 0.678. The zero-order valence-electron chi connectivity index (χ0n) is 18.1. The van der Waals surface area contributed by atoms with E-state index in [1.54, 1.807) is 13.8 Å². The van der Waals surface area contributed by atoms with Crippen LogP contribution < -0.4 is 4.90 Å². The highest BCUT2D eigenvalue weighted by molar-refractivity contribution is 7.91. The number of carbonyl (C=O) groups is 1. The first-order chi connectivity index (χ1) is 13.7. The highest BCUT2D eigenvalue weighted by Gasteiger charge is 2.30. The van der Waals surface area contributed by atoms with E-state index in [1.165, 1.54) is 5.69 Å². The Morgan fingerprint density at radius 2 is 1.59 bits per heavy atom. The van der Waals surface area contributed by atoms with Gasteiger partial charge in [0.25, 0.3) is 0 Å². The first-order valence-electron chi connectivity index (χ1n) is 11.0. The lowest BCUT2D eigenvalue weighted by Crippen LogP contribution is -2.44. The molecule has 0 unspecified atom stereocenters. The van der Waals surface area contributed by atoms with Gasteiger partial charge in [0.15, 0.2) is 9.84 Å². The molecule has 1 saturated heterocycles. The van der Waals surface area contributed by atoms with E-state index in [-0.39, 0.29) is 22.8 Å². The van der Waals surface area contributed by atoms with Crippen molar-refractivity contribution in [1.29, 1.82) is 0 Å². The minimum atomic E-state index is -2.99. The molecule has 6 heteroatoms. The lowest BCUT2D eigenvalue weighted by atomic mass is 9.79. The van der Waals surface area contributed by atoms with Gasteiger partial charge in [-0.15, -0.1) is 0 Å². The Hall–Kier alpha value is -1.40. The Morgan fingerprint density at radius 3 is 2.14 bits per heavy atom. The molecule has 0 atom stereocenters. The van der Waals surface area contributed by atoms with Crippen LogP contribution in [0.5, 0.6) is 0 Å². The maximum atomic E-state index is 12.8. The fourth-order valence-corrected chi connectivity index (χ4v) is 5.78. The average Bonchev–Trinajstić information content (AvgIpc) is 2.69. The van der Waals surface area contributed by atoms with E-state index >= 15 is 0 Å². The summed E-state index contributed by atoms with van der Waals surface area (Å²) in [5.74, 6) is 0.890. The van der Waals surface area contributed by atoms with Crippen molar-refractivity contribution in [2.45, 2.75) is 51.2 Å². The Balaban J connectivity index is 1.47. The number of hydrogen-bond acceptors (Lipinski definition) is 5. The molecule has 0 N–H and O–H groups in total. The molecular formula is C23H36N2O3S. The number of nitrogens with zero attached hydrogens (tertiary/aromatic N) is 2. The van der Waals surface area contributed by atoms with Crippen LogP contribution in [0, 0.1) is 11.8 Å². The van der Waals surface area contributed by atoms with Gasteiger partial charge in [-0.1, -0.05) is 12.1 Å². The molecule has 0 aromatic heterocycles. The van der Waals surface area contributed by atoms with Crippen molar-refractivity contribution in [2.24, 2.45) is 11.8 Å². The third kappa shape index (κ3) is 6.05. The molecule has 0 bridgehead atoms. The number of ketones is 1. The monoisotopic (exact) mass is 420 g/mol. The van der Waals surface area contributed by atoms with Crippen LogP contribution in [-0.4, -0.2) is 63.3 Å². The van der Waals surface area contributed by atoms with Crippen LogP contribution in [0.2, 0.25) is 0 Å². The molecule has 1 aliphatic carbocycles. The van der Waals surface area contributed by atoms with Gasteiger partial charge in [-0.3, -0.25) is 4.79 Å². The molecular weight excluding hydrogens is 384 g/mol. The summed E-state index contributed by atoms with van der Waals surface area (Å²) in [6.45, 7) is 7.76. The summed E-state index contributed by atoms with van der Waals surface area (Å²) < 4.78 is 24.3. The molecule has 29 heavy (non-hydrogen) atoms. The minimum Gasteiger partial charge on any atom is -0.369 e. The number of carbonyl (C=O) groups excluding carboxylic acids is 1. The van der Waals surface area contributed by atoms with Crippen molar-refractivity contribution < 1.29 is 13.2 Å². The molecule has 0 spiro atoms. The number of rotatable bonds is 7. The van der Waals surface area contributed by atoms with Crippen molar-refractivity contribution in [2.75, 3.05) is 43.9 Å². The van der Waals surface area contributed by atoms with Crippen molar-refractivity contribution in [1.82, 2.24) is 4.90 Å². The van der Waals surface area contributed by atoms with E-state index < -0.39 is 9.84 Å². The summed E-state index contributed by atoms with van der Waals surface area (Å²) in [6.07, 6.45) is 3.85. The van der Waals surface area contributed by atoms with Gasteiger partial charge in [-0.05, 0) is 70.2 Å². The van der Waals surface area contributed by atoms with Crippen LogP contribution in [0.3, 0.4) is 0 Å². The summed E-state index contributed by atoms with van der Waals surface area (Å²) in [5, 5.41) is -0.310. The van der Waals surface area contributed by atoms with Gasteiger partial charge in [-0.25, -0.2) is 8.42 Å². The first kappa shape index (κ1) is 22.3. The van der Waals surface area contributed by atoms with Crippen molar-refractivity contribution in [3.63, 3.8) is 0 Å². The van der Waals surface area contributed by atoms with Gasteiger partial charge >= 0.3 is 0 Å². The summed E-state index contributed by atoms with van der Waals surface area (Å²) in [7, 11) is -0.837. The predicted molar refractivity (Wildman–Crippen MR) is 119 cm³/mol. The van der Waals surface area contributed by atoms with Crippen molar-refractivity contribution >= 4 is 21.3 Å². The van der Waals surface area contributed by atoms with Crippen LogP contribution in [0.1, 0.15) is 45.1 Å². The van der Waals surface area contributed by atoms with E-state index in [1.807, 2.05) is 0 Å². The molecule has 3 rings (SSSR count). The number of benzene rings is 1. The highest BCUT2D eigenvalue weighted by Crippen LogP contribution is 2.31. The van der Waals surface area contributed by atoms with E-state index in [0.29, 0.717) is 12.2 Å². The van der Waals surface area contributed by atoms with E-state index in [9.17, 15) is 13.2 Å². The molecule has 0 radical (unpaired) electrons. The highest BCUT2D eigenvalue weighted by atomic mass is 32.2. The summed E-state index contributed by atoms with van der Waals surface area (Å²) >= 11 is 0. The largest absolute Gasteiger partial charge is 0.369 e. The maximum absolute atomic E-state index is 12.8. The standard InChI is InChI=1S/C23H36N2O3S/c1-18(2)29(27,28)17-20-4-8-21(9-5-20)23(26)16-19-6-10-22(11-7-19)25-14-12-24(3)13-15-25/h6-7,10-11,18,20-21H,4-5,8-9,12-17H2,1-3H3. The third-order valence-corrected chi connectivity index (χ3v) is 9.04. The maximum Gasteiger partial charge on any atom is 0.152 e. The number of likely N-dealkylation sites (N-methyl/N-ethyl adjacent to an activating group) is 1. The van der Waals surface area contributed by atoms with E-state index in [2.05, 4.69) is 41.1 Å². The summed E-state index contributed by atoms with van der Waals surface area (Å²) in [5.41, 5.74) is 2.32. The number of Topliss-reactive ketones (excluding diaryl/α,β-unsaturated/α-hetero) is 1. The van der Waals surface area contributed by atoms with E-state index in [4.69, 9.17) is 0 Å². The van der Waals surface area contributed by atoms with E-state index in [0.717, 1.165) is 57.4 Å². The summed E-state index contributed by atoms with van der Waals surface area (Å²) in [4.78, 5) is 17.5. The molecule has 0 amide bonds. The van der Waals surface area contributed by atoms with Crippen LogP contribution in [0.4, 0.5) is 5.69 Å². The molecule has 1 saturated carbocycles. The second kappa shape index (κ2) is 9.61. The molecule has 1 aromatic carbocycles. The molecule has 2 aliphatic rings. The average molecular weight is 421 g/mol. The normalized spacial score (nSPS) is 24.1. The Kier molecular flexibility index (Phi) is 7.38. The molecule has 1 aromatic rings. The molecule has 162 valence electrons. The fourth-order valence-electron chi connectivity index (χ4n) is 4.41. The smallest absolute Gasteiger partial charge is 0.152 e. The number of hydrogen-bond donors (Lipinski definition) is 0. The number of piperazine rings is 1. The zero-order valence-corrected chi connectivity index (χ0v) is 19.0. The predicted octanol–water partition coefficient (Wildman–Crippen LogP) is 3.18. The Bertz CT molecular complexity index is 773. The van der Waals surface area contributed by atoms with Crippen LogP contribution in [0.25, 0.3) is 0 Å². The second-order valence-electron chi connectivity index (χ2n) is 9.20. The van der Waals surface area contributed by atoms with Crippen LogP contribution in [0.15, 0.2) is 24.3 Å². The van der Waals surface area contributed by atoms with Gasteiger partial charge in [0.2, 0.25) is 0 Å². The van der Waals surface area contributed by atoms with Gasteiger partial charge < -0.3 is 9.80 Å². The Morgan fingerprint density at radius 1 is 1.00 bits per heavy atom. The zero-order chi connectivity index (χ0) is 21.0. The molecule has 2 fully saturated rings. The molecule has 1 aliphatic heterocycles. The molecule has 5 nitrogen and oxygen atoms in total. The van der Waals surface area contributed by atoms with Crippen molar-refractivity contribution in [3.05, 3.63) is 29.8 Å². The first-order valence-corrected chi connectivity index (χ1v) is 12.7. The van der Waals surface area contributed by atoms with Crippen LogP contribution in [-0.2, 0) is 21.1 Å². The number of anilines is 1. The van der Waals surface area contributed by atoms with Gasteiger partial charge in [0.1, 0.15) is 5.78 Å². The topological polar surface area (TPSA) is 57.7 Å². The van der Waals surface area contributed by atoms with Gasteiger partial charge in [0.05, 0.1) is 11.0 Å². The minimum absolute atomic E-state index is 0.0883. The van der Waals surface area contributed by atoms with Crippen LogP contribution >= 0.6 is 0 Å². The van der Waals surface area contributed by atoms with Gasteiger partial charge in [-0.2, -0.15) is 0 Å². The lowest BCUT2D eigenvalue weighted by Gasteiger charge is -2.34. The summed E-state index contributed by atoms with van der Waals surface area (Å²) in [6, 6.07) is 8.46. The fraction of sp³-hybridized carbons (Fsp3) is 0.696. The SMILES string of the molecule is CC(C)S(=O)(=O)CC1CCC(C(=O)Cc2ccc(N3CCN(C)CC3)cc2)CC1. The second-order valence-corrected chi connectivity index (χ2v) is 11.8. The lowest BCUT2D eigenvalue weighted by molar-refractivity contribution is -0.123. The Labute approximate surface area is 176 Å². The third-order valence-electron chi connectivity index (χ3n) is 6.67.